The lowest BCUT2D eigenvalue weighted by molar-refractivity contribution is -0.686. The van der Waals surface area contributed by atoms with E-state index in [1.165, 1.54) is 11.4 Å². The molecule has 0 bridgehead atoms. The van der Waals surface area contributed by atoms with Crippen molar-refractivity contribution in [3.05, 3.63) is 30.6 Å². The Balaban J connectivity index is 0.00000320. The minimum absolute atomic E-state index is 0. The van der Waals surface area contributed by atoms with Gasteiger partial charge < -0.3 is 21.3 Å². The molecule has 182 valence electrons. The molecule has 5 N–H and O–H groups in total. The zero-order chi connectivity index (χ0) is 20.6. The summed E-state index contributed by atoms with van der Waals surface area (Å²) in [5, 5.41) is 9.24. The van der Waals surface area contributed by atoms with Crippen molar-refractivity contribution in [3.63, 3.8) is 0 Å². The topological polar surface area (TPSA) is 93.7 Å². The smallest absolute Gasteiger partial charge is 0.368 e. The number of anilines is 2. The number of halogens is 3. The van der Waals surface area contributed by atoms with Crippen LogP contribution in [0.5, 0.6) is 0 Å². The maximum atomic E-state index is 5.70. The highest BCUT2D eigenvalue weighted by Crippen LogP contribution is 2.36. The van der Waals surface area contributed by atoms with Crippen molar-refractivity contribution >= 4 is 64.8 Å². The average molecular weight is 554 g/mol. The van der Waals surface area contributed by atoms with Gasteiger partial charge in [0.25, 0.3) is 0 Å². The van der Waals surface area contributed by atoms with Gasteiger partial charge in [0, 0.05) is 37.7 Å². The maximum Gasteiger partial charge on any atom is 0.421 e. The number of likely N-dealkylation sites (N-methyl/N-ethyl adjacent to an activating group) is 2. The Morgan fingerprint density at radius 2 is 1.72 bits per heavy atom. The Bertz CT molecular complexity index is 805. The lowest BCUT2D eigenvalue weighted by atomic mass is 10.1. The van der Waals surface area contributed by atoms with E-state index in [0.717, 1.165) is 70.3 Å². The fourth-order valence-corrected chi connectivity index (χ4v) is 3.80. The summed E-state index contributed by atoms with van der Waals surface area (Å²) in [6.45, 7) is 11.9. The van der Waals surface area contributed by atoms with Gasteiger partial charge in [-0.2, -0.15) is 0 Å². The van der Waals surface area contributed by atoms with E-state index in [9.17, 15) is 0 Å². The van der Waals surface area contributed by atoms with Gasteiger partial charge in [-0.15, -0.1) is 41.8 Å². The van der Waals surface area contributed by atoms with Crippen molar-refractivity contribution in [2.45, 2.75) is 39.8 Å². The van der Waals surface area contributed by atoms with E-state index in [4.69, 9.17) is 5.73 Å². The van der Waals surface area contributed by atoms with Gasteiger partial charge in [-0.1, -0.05) is 5.11 Å². The Kier molecular flexibility index (Phi) is 14.8. The number of hydrogen-bond donors (Lipinski definition) is 2. The Morgan fingerprint density at radius 1 is 1.03 bits per heavy atom. The van der Waals surface area contributed by atoms with Crippen LogP contribution in [0.1, 0.15) is 26.7 Å². The molecular formula is C21H39BrCl2N8+2. The highest BCUT2D eigenvalue weighted by atomic mass is 79.9. The molecule has 11 heteroatoms. The number of imidazole rings is 1. The van der Waals surface area contributed by atoms with Crippen LogP contribution < -0.4 is 25.8 Å². The van der Waals surface area contributed by atoms with Gasteiger partial charge in [-0.3, -0.25) is 0 Å². The summed E-state index contributed by atoms with van der Waals surface area (Å²) in [6.07, 6.45) is 6.08. The van der Waals surface area contributed by atoms with Gasteiger partial charge in [0.05, 0.1) is 43.4 Å². The summed E-state index contributed by atoms with van der Waals surface area (Å²) in [4.78, 5) is 4.84. The molecule has 1 aromatic heterocycles. The molecule has 1 aliphatic heterocycles. The molecular weight excluding hydrogens is 515 g/mol. The average Bonchev–Trinajstić information content (AvgIpc) is 3.15. The van der Waals surface area contributed by atoms with Crippen molar-refractivity contribution in [1.29, 1.82) is 0 Å². The Morgan fingerprint density at radius 3 is 2.34 bits per heavy atom. The molecule has 2 heterocycles. The number of quaternary nitrogens is 1. The highest BCUT2D eigenvalue weighted by Gasteiger charge is 2.22. The largest absolute Gasteiger partial charge is 0.421 e. The molecule has 8 nitrogen and oxygen atoms in total. The van der Waals surface area contributed by atoms with Crippen molar-refractivity contribution in [3.8, 4) is 0 Å². The third kappa shape index (κ3) is 7.31. The van der Waals surface area contributed by atoms with Crippen LogP contribution >= 0.6 is 41.8 Å². The third-order valence-corrected chi connectivity index (χ3v) is 5.49. The molecule has 32 heavy (non-hydrogen) atoms. The van der Waals surface area contributed by atoms with Gasteiger partial charge in [0.15, 0.2) is 0 Å². The predicted octanol–water partition coefficient (Wildman–Crippen LogP) is 3.26. The second-order valence-corrected chi connectivity index (χ2v) is 7.37. The highest BCUT2D eigenvalue weighted by molar-refractivity contribution is 8.93. The summed E-state index contributed by atoms with van der Waals surface area (Å²) in [6, 6.07) is 6.41. The number of azo groups is 1. The van der Waals surface area contributed by atoms with E-state index in [-0.39, 0.29) is 41.8 Å². The monoisotopic (exact) mass is 552 g/mol. The van der Waals surface area contributed by atoms with Gasteiger partial charge in [-0.25, -0.2) is 9.13 Å². The zero-order valence-corrected chi connectivity index (χ0v) is 22.5. The lowest BCUT2D eigenvalue weighted by Gasteiger charge is -2.38. The number of rotatable bonds is 10. The number of nitrogens with zero attached hydrogens (tertiary/aromatic N) is 6. The van der Waals surface area contributed by atoms with E-state index in [1.807, 2.05) is 0 Å². The molecule has 0 fully saturated rings. The second-order valence-electron chi connectivity index (χ2n) is 7.37. The summed E-state index contributed by atoms with van der Waals surface area (Å²) in [5.74, 6) is 0.868. The SMILES string of the molecule is Br.CCN1CCN(CC)c2cc(N=Nc3n(CCCN)cc[n+]3CCC[NH3+])ccc21.Cl.Cl. The van der Waals surface area contributed by atoms with E-state index in [0.29, 0.717) is 6.54 Å². The number of nitrogens with two attached hydrogens (primary N) is 1. The minimum Gasteiger partial charge on any atom is -0.368 e. The van der Waals surface area contributed by atoms with E-state index >= 15 is 0 Å². The van der Waals surface area contributed by atoms with Crippen molar-refractivity contribution in [2.24, 2.45) is 16.0 Å². The van der Waals surface area contributed by atoms with Crippen LogP contribution in [0.25, 0.3) is 0 Å². The summed E-state index contributed by atoms with van der Waals surface area (Å²) < 4.78 is 4.29. The van der Waals surface area contributed by atoms with Crippen LogP contribution in [-0.4, -0.2) is 43.8 Å². The van der Waals surface area contributed by atoms with E-state index < -0.39 is 0 Å². The number of hydrogen-bond acceptors (Lipinski definition) is 5. The fourth-order valence-electron chi connectivity index (χ4n) is 3.80. The van der Waals surface area contributed by atoms with Crippen molar-refractivity contribution in [2.75, 3.05) is 49.1 Å². The van der Waals surface area contributed by atoms with Gasteiger partial charge >= 0.3 is 5.95 Å². The third-order valence-electron chi connectivity index (χ3n) is 5.49. The standard InChI is InChI=1S/C21H35N8.BrH.2ClH/c1-3-26-13-14-27(4-2)20-17-18(7-8-19(20)26)24-25-21-28(11-5-9-22)15-16-29(21)12-6-10-23;;;/h7-8,15-17H,3-6,9-14,22-23H2,1-2H3;3*1H/q+1;;;/p+1. The number of benzene rings is 1. The minimum atomic E-state index is 0. The van der Waals surface area contributed by atoms with Gasteiger partial charge in [-0.05, 0) is 45.0 Å². The summed E-state index contributed by atoms with van der Waals surface area (Å²) in [7, 11) is 0. The van der Waals surface area contributed by atoms with Crippen LogP contribution in [0.3, 0.4) is 0 Å². The molecule has 3 rings (SSSR count). The lowest BCUT2D eigenvalue weighted by Crippen LogP contribution is -2.51. The first-order chi connectivity index (χ1) is 14.2. The van der Waals surface area contributed by atoms with Gasteiger partial charge in [0.2, 0.25) is 0 Å². The van der Waals surface area contributed by atoms with Crippen LogP contribution in [-0.2, 0) is 13.1 Å². The molecule has 1 aliphatic rings. The molecule has 0 saturated carbocycles. The summed E-state index contributed by atoms with van der Waals surface area (Å²) >= 11 is 0. The molecule has 0 spiro atoms. The molecule has 0 saturated heterocycles. The number of fused-ring (bicyclic) bond motifs is 1. The summed E-state index contributed by atoms with van der Waals surface area (Å²) in [5.41, 5.74) is 13.1. The quantitative estimate of drug-likeness (QED) is 0.349. The molecule has 1 aromatic carbocycles. The molecule has 0 amide bonds. The zero-order valence-electron chi connectivity index (χ0n) is 19.2. The maximum absolute atomic E-state index is 5.70. The first kappa shape index (κ1) is 30.6. The number of aromatic nitrogens is 2. The van der Waals surface area contributed by atoms with E-state index in [2.05, 4.69) is 79.3 Å². The predicted molar refractivity (Wildman–Crippen MR) is 142 cm³/mol. The molecule has 2 aromatic rings. The Hall–Kier alpha value is -1.39. The van der Waals surface area contributed by atoms with Crippen LogP contribution in [0.4, 0.5) is 23.0 Å². The van der Waals surface area contributed by atoms with Crippen LogP contribution in [0, 0.1) is 0 Å². The van der Waals surface area contributed by atoms with Crippen LogP contribution in [0.15, 0.2) is 40.8 Å². The van der Waals surface area contributed by atoms with Gasteiger partial charge in [0.1, 0.15) is 5.69 Å². The normalized spacial score (nSPS) is 12.8. The molecule has 0 radical (unpaired) electrons. The first-order valence-electron chi connectivity index (χ1n) is 10.8. The molecule has 0 atom stereocenters. The first-order valence-corrected chi connectivity index (χ1v) is 10.8. The molecule has 0 aliphatic carbocycles. The fraction of sp³-hybridized carbons (Fsp3) is 0.571. The van der Waals surface area contributed by atoms with Crippen molar-refractivity contribution < 1.29 is 10.3 Å². The molecule has 0 unspecified atom stereocenters. The van der Waals surface area contributed by atoms with Crippen LogP contribution in [0.2, 0.25) is 0 Å². The second kappa shape index (κ2) is 15.4. The van der Waals surface area contributed by atoms with Crippen molar-refractivity contribution in [1.82, 2.24) is 4.57 Å². The number of aryl methyl sites for hydroxylation is 2. The van der Waals surface area contributed by atoms with E-state index in [1.54, 1.807) is 0 Å². The Labute approximate surface area is 214 Å².